The van der Waals surface area contributed by atoms with Crippen LogP contribution in [0, 0.1) is 0 Å². The number of piperidine rings is 1. The van der Waals surface area contributed by atoms with Gasteiger partial charge in [-0.3, -0.25) is 4.79 Å². The van der Waals surface area contributed by atoms with E-state index < -0.39 is 17.1 Å². The Morgan fingerprint density at radius 3 is 2.41 bits per heavy atom. The monoisotopic (exact) mass is 243 g/mol. The fraction of sp³-hybridized carbons (Fsp3) is 0.833. The average molecular weight is 243 g/mol. The first kappa shape index (κ1) is 14.0. The van der Waals surface area contributed by atoms with Crippen molar-refractivity contribution in [3.8, 4) is 0 Å². The van der Waals surface area contributed by atoms with E-state index in [1.807, 2.05) is 0 Å². The van der Waals surface area contributed by atoms with Crippen molar-refractivity contribution in [3.63, 3.8) is 0 Å². The normalized spacial score (nSPS) is 25.8. The number of carbonyl (C=O) groups excluding carboxylic acids is 1. The van der Waals surface area contributed by atoms with E-state index in [-0.39, 0.29) is 5.91 Å². The molecule has 5 nitrogen and oxygen atoms in total. The number of hydrogen-bond acceptors (Lipinski definition) is 3. The Balaban J connectivity index is 3.01. The van der Waals surface area contributed by atoms with Crippen molar-refractivity contribution < 1.29 is 19.4 Å². The van der Waals surface area contributed by atoms with E-state index in [1.54, 1.807) is 20.8 Å². The van der Waals surface area contributed by atoms with E-state index in [4.69, 9.17) is 4.74 Å². The van der Waals surface area contributed by atoms with Crippen LogP contribution < -0.4 is 0 Å². The fourth-order valence-corrected chi connectivity index (χ4v) is 2.08. The van der Waals surface area contributed by atoms with Crippen molar-refractivity contribution in [2.75, 3.05) is 13.7 Å². The van der Waals surface area contributed by atoms with Crippen LogP contribution >= 0.6 is 0 Å². The molecule has 0 bridgehead atoms. The summed E-state index contributed by atoms with van der Waals surface area (Å²) in [7, 11) is 1.46. The van der Waals surface area contributed by atoms with Crippen molar-refractivity contribution in [3.05, 3.63) is 0 Å². The summed E-state index contributed by atoms with van der Waals surface area (Å²) in [5, 5.41) is 9.32. The van der Waals surface area contributed by atoms with Crippen LogP contribution in [0.25, 0.3) is 0 Å². The maximum Gasteiger partial charge on any atom is 0.329 e. The molecule has 0 aromatic carbocycles. The Labute approximate surface area is 102 Å². The Kier molecular flexibility index (Phi) is 3.81. The molecule has 0 spiro atoms. The first-order chi connectivity index (χ1) is 7.75. The van der Waals surface area contributed by atoms with Gasteiger partial charge in [-0.1, -0.05) is 0 Å². The van der Waals surface area contributed by atoms with Gasteiger partial charge in [-0.2, -0.15) is 0 Å². The third-order valence-electron chi connectivity index (χ3n) is 3.62. The number of likely N-dealkylation sites (tertiary alicyclic amines) is 1. The second kappa shape index (κ2) is 4.64. The van der Waals surface area contributed by atoms with Gasteiger partial charge in [0, 0.05) is 13.7 Å². The molecule has 1 unspecified atom stereocenters. The Morgan fingerprint density at radius 2 is 1.94 bits per heavy atom. The molecule has 1 fully saturated rings. The molecule has 1 aliphatic rings. The second-order valence-electron chi connectivity index (χ2n) is 5.21. The number of aliphatic carboxylic acids is 1. The quantitative estimate of drug-likeness (QED) is 0.810. The lowest BCUT2D eigenvalue weighted by Crippen LogP contribution is -2.61. The van der Waals surface area contributed by atoms with Crippen LogP contribution in [0.1, 0.15) is 40.0 Å². The highest BCUT2D eigenvalue weighted by Crippen LogP contribution is 2.30. The number of amides is 1. The molecule has 0 aliphatic carbocycles. The molecule has 0 aromatic heterocycles. The van der Waals surface area contributed by atoms with Crippen LogP contribution in [0.3, 0.4) is 0 Å². The Bertz CT molecular complexity index is 326. The molecular weight excluding hydrogens is 222 g/mol. The van der Waals surface area contributed by atoms with Crippen LogP contribution in [0.4, 0.5) is 0 Å². The maximum absolute atomic E-state index is 12.3. The number of ether oxygens (including phenoxy) is 1. The van der Waals surface area contributed by atoms with Gasteiger partial charge in [0.2, 0.25) is 0 Å². The molecule has 0 radical (unpaired) electrons. The molecule has 1 atom stereocenters. The molecule has 1 N–H and O–H groups in total. The molecule has 1 rings (SSSR count). The first-order valence-electron chi connectivity index (χ1n) is 5.86. The zero-order chi connectivity index (χ0) is 13.3. The summed E-state index contributed by atoms with van der Waals surface area (Å²) < 4.78 is 5.14. The highest BCUT2D eigenvalue weighted by atomic mass is 16.5. The standard InChI is InChI=1S/C12H21NO4/c1-11(2,17-4)9(14)13-8-6-5-7-12(13,3)10(15)16/h5-8H2,1-4H3,(H,15,16). The summed E-state index contributed by atoms with van der Waals surface area (Å²) in [6.07, 6.45) is 2.17. The fourth-order valence-electron chi connectivity index (χ4n) is 2.08. The van der Waals surface area contributed by atoms with Crippen LogP contribution in [-0.4, -0.2) is 46.7 Å². The number of methoxy groups -OCH3 is 1. The van der Waals surface area contributed by atoms with E-state index in [0.29, 0.717) is 13.0 Å². The van der Waals surface area contributed by atoms with Gasteiger partial charge < -0.3 is 14.7 Å². The third kappa shape index (κ3) is 2.44. The number of carboxylic acid groups (broad SMARTS) is 1. The van der Waals surface area contributed by atoms with E-state index in [1.165, 1.54) is 12.0 Å². The van der Waals surface area contributed by atoms with E-state index in [2.05, 4.69) is 0 Å². The predicted octanol–water partition coefficient (Wildman–Crippen LogP) is 1.27. The van der Waals surface area contributed by atoms with Gasteiger partial charge in [-0.05, 0) is 40.0 Å². The lowest BCUT2D eigenvalue weighted by Gasteiger charge is -2.44. The minimum atomic E-state index is -1.11. The van der Waals surface area contributed by atoms with Crippen molar-refractivity contribution in [1.82, 2.24) is 4.90 Å². The summed E-state index contributed by atoms with van der Waals surface area (Å²) in [5.74, 6) is -1.21. The zero-order valence-electron chi connectivity index (χ0n) is 10.9. The van der Waals surface area contributed by atoms with Crippen molar-refractivity contribution in [2.45, 2.75) is 51.2 Å². The van der Waals surface area contributed by atoms with Crippen molar-refractivity contribution >= 4 is 11.9 Å². The van der Waals surface area contributed by atoms with Gasteiger partial charge in [-0.15, -0.1) is 0 Å². The highest BCUT2D eigenvalue weighted by Gasteiger charge is 2.47. The molecule has 17 heavy (non-hydrogen) atoms. The van der Waals surface area contributed by atoms with E-state index in [9.17, 15) is 14.7 Å². The number of nitrogens with zero attached hydrogens (tertiary/aromatic N) is 1. The number of carbonyl (C=O) groups is 2. The highest BCUT2D eigenvalue weighted by molar-refractivity contribution is 5.91. The van der Waals surface area contributed by atoms with Crippen LogP contribution in [0.5, 0.6) is 0 Å². The van der Waals surface area contributed by atoms with Gasteiger partial charge in [0.25, 0.3) is 5.91 Å². The smallest absolute Gasteiger partial charge is 0.329 e. The average Bonchev–Trinajstić information content (AvgIpc) is 2.28. The third-order valence-corrected chi connectivity index (χ3v) is 3.62. The number of rotatable bonds is 3. The SMILES string of the molecule is COC(C)(C)C(=O)N1CCCCC1(C)C(=O)O. The van der Waals surface area contributed by atoms with Crippen molar-refractivity contribution in [1.29, 1.82) is 0 Å². The van der Waals surface area contributed by atoms with E-state index in [0.717, 1.165) is 12.8 Å². The van der Waals surface area contributed by atoms with Gasteiger partial charge in [0.1, 0.15) is 11.1 Å². The number of hydrogen-bond donors (Lipinski definition) is 1. The molecule has 98 valence electrons. The summed E-state index contributed by atoms with van der Waals surface area (Å²) in [6.45, 7) is 5.41. The van der Waals surface area contributed by atoms with Crippen LogP contribution in [0.2, 0.25) is 0 Å². The topological polar surface area (TPSA) is 66.8 Å². The predicted molar refractivity (Wildman–Crippen MR) is 62.7 cm³/mol. The molecule has 1 saturated heterocycles. The Morgan fingerprint density at radius 1 is 1.35 bits per heavy atom. The van der Waals surface area contributed by atoms with Crippen LogP contribution in [0.15, 0.2) is 0 Å². The largest absolute Gasteiger partial charge is 0.480 e. The molecule has 0 aromatic rings. The summed E-state index contributed by atoms with van der Waals surface area (Å²) in [4.78, 5) is 25.1. The summed E-state index contributed by atoms with van der Waals surface area (Å²) >= 11 is 0. The first-order valence-corrected chi connectivity index (χ1v) is 5.86. The molecule has 1 heterocycles. The minimum Gasteiger partial charge on any atom is -0.480 e. The molecular formula is C12H21NO4. The lowest BCUT2D eigenvalue weighted by molar-refractivity contribution is -0.170. The van der Waals surface area contributed by atoms with Gasteiger partial charge in [-0.25, -0.2) is 4.79 Å². The summed E-state index contributed by atoms with van der Waals surface area (Å²) in [5.41, 5.74) is -2.08. The molecule has 1 amide bonds. The molecule has 1 aliphatic heterocycles. The number of carboxylic acids is 1. The molecule has 5 heteroatoms. The second-order valence-corrected chi connectivity index (χ2v) is 5.21. The van der Waals surface area contributed by atoms with Gasteiger partial charge >= 0.3 is 5.97 Å². The zero-order valence-corrected chi connectivity index (χ0v) is 10.9. The molecule has 0 saturated carbocycles. The van der Waals surface area contributed by atoms with Gasteiger partial charge in [0.05, 0.1) is 0 Å². The van der Waals surface area contributed by atoms with E-state index >= 15 is 0 Å². The lowest BCUT2D eigenvalue weighted by atomic mass is 9.87. The Hall–Kier alpha value is -1.10. The maximum atomic E-state index is 12.3. The van der Waals surface area contributed by atoms with Gasteiger partial charge in [0.15, 0.2) is 0 Å². The van der Waals surface area contributed by atoms with Crippen LogP contribution in [-0.2, 0) is 14.3 Å². The summed E-state index contributed by atoms with van der Waals surface area (Å²) in [6, 6.07) is 0. The minimum absolute atomic E-state index is 0.260. The van der Waals surface area contributed by atoms with Crippen molar-refractivity contribution in [2.24, 2.45) is 0 Å².